The maximum absolute atomic E-state index is 12.7. The van der Waals surface area contributed by atoms with Crippen LogP contribution in [0.2, 0.25) is 0 Å². The summed E-state index contributed by atoms with van der Waals surface area (Å²) in [6.45, 7) is 1.66. The molecule has 0 aliphatic carbocycles. The lowest BCUT2D eigenvalue weighted by Gasteiger charge is -2.34. The first-order valence-corrected chi connectivity index (χ1v) is 10.3. The third-order valence-electron chi connectivity index (χ3n) is 6.01. The van der Waals surface area contributed by atoms with E-state index in [0.29, 0.717) is 36.5 Å². The Morgan fingerprint density at radius 2 is 2.09 bits per heavy atom. The SMILES string of the molecule is CC(C)C1Cc2cc(/C(C=N)=C/NC(F)F)c3c(c2-c2cc(=O)c(C(=O)O)cn21)CCO3. The van der Waals surface area contributed by atoms with Gasteiger partial charge in [0.25, 0.3) is 0 Å². The van der Waals surface area contributed by atoms with Gasteiger partial charge >= 0.3 is 12.5 Å². The van der Waals surface area contributed by atoms with E-state index < -0.39 is 17.9 Å². The van der Waals surface area contributed by atoms with Crippen molar-refractivity contribution in [3.8, 4) is 17.0 Å². The Morgan fingerprint density at radius 1 is 1.34 bits per heavy atom. The number of hydrogen-bond donors (Lipinski definition) is 3. The Morgan fingerprint density at radius 3 is 2.72 bits per heavy atom. The molecule has 0 amide bonds. The van der Waals surface area contributed by atoms with Crippen LogP contribution in [0, 0.1) is 11.3 Å². The van der Waals surface area contributed by atoms with Crippen LogP contribution in [-0.4, -0.2) is 35.0 Å². The van der Waals surface area contributed by atoms with Gasteiger partial charge in [-0.15, -0.1) is 0 Å². The van der Waals surface area contributed by atoms with Crippen LogP contribution in [0.1, 0.15) is 46.9 Å². The number of rotatable bonds is 6. The highest BCUT2D eigenvalue weighted by Gasteiger charge is 2.33. The zero-order chi connectivity index (χ0) is 23.2. The first-order valence-electron chi connectivity index (χ1n) is 10.3. The minimum atomic E-state index is -2.76. The van der Waals surface area contributed by atoms with Crippen LogP contribution < -0.4 is 15.5 Å². The van der Waals surface area contributed by atoms with Gasteiger partial charge in [0.05, 0.1) is 12.3 Å². The van der Waals surface area contributed by atoms with E-state index in [2.05, 4.69) is 0 Å². The van der Waals surface area contributed by atoms with E-state index in [1.807, 2.05) is 29.8 Å². The van der Waals surface area contributed by atoms with Crippen molar-refractivity contribution < 1.29 is 23.4 Å². The van der Waals surface area contributed by atoms with E-state index >= 15 is 0 Å². The van der Waals surface area contributed by atoms with Crippen LogP contribution in [0.3, 0.4) is 0 Å². The van der Waals surface area contributed by atoms with Crippen LogP contribution in [0.5, 0.6) is 5.75 Å². The van der Waals surface area contributed by atoms with Crippen LogP contribution in [0.25, 0.3) is 16.8 Å². The Kier molecular flexibility index (Phi) is 5.58. The largest absolute Gasteiger partial charge is 0.492 e. The fourth-order valence-corrected chi connectivity index (χ4v) is 4.55. The quantitative estimate of drug-likeness (QED) is 0.467. The lowest BCUT2D eigenvalue weighted by Crippen LogP contribution is -2.28. The highest BCUT2D eigenvalue weighted by atomic mass is 19.3. The summed E-state index contributed by atoms with van der Waals surface area (Å²) in [4.78, 5) is 24.1. The Labute approximate surface area is 182 Å². The fourth-order valence-electron chi connectivity index (χ4n) is 4.55. The number of pyridine rings is 1. The third-order valence-corrected chi connectivity index (χ3v) is 6.01. The number of nitrogens with one attached hydrogen (secondary N) is 2. The molecule has 0 spiro atoms. The third kappa shape index (κ3) is 3.57. The number of fused-ring (bicyclic) bond motifs is 5. The summed E-state index contributed by atoms with van der Waals surface area (Å²) < 4.78 is 33.1. The standard InChI is InChI=1S/C23H23F2N3O4/c1-11(2)17-6-12-5-15(13(8-26)9-27-23(24)25)21-14(3-4-32-21)20(12)18-7-19(29)16(22(30)31)10-28(17)18/h5,7-11,17,23,26-27H,3-4,6H2,1-2H3,(H,30,31)/b13-9+,26-8?. The number of carbonyl (C=O) groups is 1. The summed E-state index contributed by atoms with van der Waals surface area (Å²) in [5, 5.41) is 19.1. The van der Waals surface area contributed by atoms with Crippen molar-refractivity contribution in [2.75, 3.05) is 6.61 Å². The predicted molar refractivity (Wildman–Crippen MR) is 116 cm³/mol. The molecule has 0 saturated carbocycles. The molecule has 168 valence electrons. The molecule has 7 nitrogen and oxygen atoms in total. The van der Waals surface area contributed by atoms with Gasteiger partial charge < -0.3 is 25.1 Å². The zero-order valence-corrected chi connectivity index (χ0v) is 17.6. The molecular formula is C23H23F2N3O4. The summed E-state index contributed by atoms with van der Waals surface area (Å²) in [5.41, 5.74) is 3.14. The summed E-state index contributed by atoms with van der Waals surface area (Å²) in [6, 6.07) is 3.09. The Bertz CT molecular complexity index is 1200. The maximum atomic E-state index is 12.7. The number of alkyl halides is 2. The zero-order valence-electron chi connectivity index (χ0n) is 17.6. The molecule has 3 N–H and O–H groups in total. The number of benzene rings is 1. The van der Waals surface area contributed by atoms with Crippen molar-refractivity contribution in [2.24, 2.45) is 5.92 Å². The number of allylic oxidation sites excluding steroid dienone is 1. The Hall–Kier alpha value is -3.49. The molecule has 0 bridgehead atoms. The number of aromatic carboxylic acids is 1. The van der Waals surface area contributed by atoms with Gasteiger partial charge in [0.1, 0.15) is 11.3 Å². The van der Waals surface area contributed by atoms with E-state index in [-0.39, 0.29) is 23.1 Å². The maximum Gasteiger partial charge on any atom is 0.341 e. The smallest absolute Gasteiger partial charge is 0.341 e. The number of aromatic nitrogens is 1. The van der Waals surface area contributed by atoms with Crippen molar-refractivity contribution in [2.45, 2.75) is 39.3 Å². The average Bonchev–Trinajstić information content (AvgIpc) is 3.22. The number of halogens is 2. The fraction of sp³-hybridized carbons (Fsp3) is 0.348. The van der Waals surface area contributed by atoms with E-state index in [0.717, 1.165) is 29.1 Å². The van der Waals surface area contributed by atoms with Crippen molar-refractivity contribution in [1.82, 2.24) is 9.88 Å². The van der Waals surface area contributed by atoms with Crippen LogP contribution >= 0.6 is 0 Å². The molecule has 1 unspecified atom stereocenters. The molecular weight excluding hydrogens is 420 g/mol. The molecule has 1 aromatic carbocycles. The van der Waals surface area contributed by atoms with E-state index in [4.69, 9.17) is 10.1 Å². The lowest BCUT2D eigenvalue weighted by molar-refractivity contribution is 0.0694. The molecule has 2 aliphatic rings. The molecule has 2 aromatic rings. The topological polar surface area (TPSA) is 104 Å². The molecule has 32 heavy (non-hydrogen) atoms. The van der Waals surface area contributed by atoms with Gasteiger partial charge in [-0.05, 0) is 24.0 Å². The second-order valence-corrected chi connectivity index (χ2v) is 8.24. The lowest BCUT2D eigenvalue weighted by atomic mass is 9.82. The van der Waals surface area contributed by atoms with Gasteiger partial charge in [-0.25, -0.2) is 4.79 Å². The minimum absolute atomic E-state index is 0.101. The number of carboxylic acid groups (broad SMARTS) is 1. The van der Waals surface area contributed by atoms with Gasteiger partial charge in [-0.2, -0.15) is 8.78 Å². The summed E-state index contributed by atoms with van der Waals surface area (Å²) in [6.07, 6.45) is 4.64. The van der Waals surface area contributed by atoms with Gasteiger partial charge in [0.2, 0.25) is 0 Å². The number of nitrogens with zero attached hydrogens (tertiary/aromatic N) is 1. The molecule has 0 fully saturated rings. The second kappa shape index (κ2) is 8.22. The average molecular weight is 443 g/mol. The Balaban J connectivity index is 1.99. The minimum Gasteiger partial charge on any atom is -0.492 e. The van der Waals surface area contributed by atoms with Crippen molar-refractivity contribution >= 4 is 17.8 Å². The van der Waals surface area contributed by atoms with Gasteiger partial charge in [0, 0.05) is 59.4 Å². The normalized spacial score (nSPS) is 16.9. The highest BCUT2D eigenvalue weighted by Crippen LogP contribution is 2.46. The molecule has 1 atom stereocenters. The van der Waals surface area contributed by atoms with Crippen LogP contribution in [-0.2, 0) is 12.8 Å². The first-order chi connectivity index (χ1) is 15.2. The molecule has 0 saturated heterocycles. The highest BCUT2D eigenvalue weighted by molar-refractivity contribution is 6.10. The summed E-state index contributed by atoms with van der Waals surface area (Å²) in [7, 11) is 0. The van der Waals surface area contributed by atoms with Gasteiger partial charge in [-0.1, -0.05) is 13.8 Å². The van der Waals surface area contributed by atoms with E-state index in [1.54, 1.807) is 0 Å². The molecule has 2 aliphatic heterocycles. The summed E-state index contributed by atoms with van der Waals surface area (Å²) in [5.74, 6) is -0.633. The number of hydrogen-bond acceptors (Lipinski definition) is 5. The van der Waals surface area contributed by atoms with E-state index in [9.17, 15) is 23.5 Å². The second-order valence-electron chi connectivity index (χ2n) is 8.24. The number of ether oxygens (including phenoxy) is 1. The van der Waals surface area contributed by atoms with E-state index in [1.165, 1.54) is 12.3 Å². The van der Waals surface area contributed by atoms with Crippen molar-refractivity contribution in [3.05, 3.63) is 57.0 Å². The number of carboxylic acids is 1. The van der Waals surface area contributed by atoms with Crippen LogP contribution in [0.4, 0.5) is 8.78 Å². The van der Waals surface area contributed by atoms with Crippen molar-refractivity contribution in [3.63, 3.8) is 0 Å². The molecule has 1 aromatic heterocycles. The van der Waals surface area contributed by atoms with Crippen LogP contribution in [0.15, 0.2) is 29.3 Å². The predicted octanol–water partition coefficient (Wildman–Crippen LogP) is 3.70. The van der Waals surface area contributed by atoms with Gasteiger partial charge in [-0.3, -0.25) is 4.79 Å². The molecule has 0 radical (unpaired) electrons. The van der Waals surface area contributed by atoms with Gasteiger partial charge in [0.15, 0.2) is 5.43 Å². The van der Waals surface area contributed by atoms with Crippen molar-refractivity contribution in [1.29, 1.82) is 5.41 Å². The molecule has 9 heteroatoms. The monoisotopic (exact) mass is 443 g/mol. The summed E-state index contributed by atoms with van der Waals surface area (Å²) >= 11 is 0. The molecule has 4 rings (SSSR count). The first kappa shape index (κ1) is 21.7. The molecule has 3 heterocycles.